The monoisotopic (exact) mass is 304 g/mol. The molecular weight excluding hydrogens is 283 g/mol. The summed E-state index contributed by atoms with van der Waals surface area (Å²) >= 11 is 5.87. The molecule has 0 spiro atoms. The normalized spacial score (nSPS) is 12.5. The largest absolute Gasteiger partial charge is 0.355 e. The number of benzene rings is 1. The van der Waals surface area contributed by atoms with Crippen LogP contribution in [-0.2, 0) is 10.2 Å². The molecule has 0 fully saturated rings. The van der Waals surface area contributed by atoms with Crippen molar-refractivity contribution in [3.05, 3.63) is 34.9 Å². The number of nitrogens with two attached hydrogens (primary N) is 1. The van der Waals surface area contributed by atoms with E-state index in [2.05, 4.69) is 19.2 Å². The fourth-order valence-corrected chi connectivity index (χ4v) is 1.72. The van der Waals surface area contributed by atoms with Crippen LogP contribution in [0.5, 0.6) is 0 Å². The number of carbonyl (C=O) groups is 1. The molecule has 1 unspecified atom stereocenters. The summed E-state index contributed by atoms with van der Waals surface area (Å²) in [5, 5.41) is 3.65. The van der Waals surface area contributed by atoms with Gasteiger partial charge in [0.2, 0.25) is 5.91 Å². The molecule has 1 aromatic carbocycles. The number of amides is 1. The lowest BCUT2D eigenvalue weighted by atomic mass is 9.84. The summed E-state index contributed by atoms with van der Waals surface area (Å²) < 4.78 is 0. The molecule has 0 aliphatic carbocycles. The highest BCUT2D eigenvalue weighted by molar-refractivity contribution is 6.30. The molecule has 0 radical (unpaired) electrons. The maximum absolute atomic E-state index is 11.7. The standard InChI is InChI=1S/C14H21ClN2O.ClH/c1-10(8-16)13(18)17-9-14(2,3)11-4-6-12(15)7-5-11;/h4-7,10H,8-9,16H2,1-3H3,(H,17,18);1H. The van der Waals surface area contributed by atoms with Gasteiger partial charge in [0.05, 0.1) is 0 Å². The van der Waals surface area contributed by atoms with Crippen molar-refractivity contribution in [3.63, 3.8) is 0 Å². The Morgan fingerprint density at radius 2 is 1.89 bits per heavy atom. The number of hydrogen-bond acceptors (Lipinski definition) is 2. The second-order valence-corrected chi connectivity index (χ2v) is 5.68. The van der Waals surface area contributed by atoms with Crippen LogP contribution >= 0.6 is 24.0 Å². The van der Waals surface area contributed by atoms with Gasteiger partial charge in [0.15, 0.2) is 0 Å². The molecular formula is C14H22Cl2N2O. The van der Waals surface area contributed by atoms with E-state index in [-0.39, 0.29) is 29.6 Å². The van der Waals surface area contributed by atoms with Gasteiger partial charge in [-0.05, 0) is 17.7 Å². The molecule has 108 valence electrons. The summed E-state index contributed by atoms with van der Waals surface area (Å²) in [5.74, 6) is -0.148. The van der Waals surface area contributed by atoms with Gasteiger partial charge in [-0.15, -0.1) is 12.4 Å². The van der Waals surface area contributed by atoms with Crippen molar-refractivity contribution < 1.29 is 4.79 Å². The van der Waals surface area contributed by atoms with Crippen LogP contribution in [0.3, 0.4) is 0 Å². The molecule has 3 nitrogen and oxygen atoms in total. The van der Waals surface area contributed by atoms with Gasteiger partial charge in [0.25, 0.3) is 0 Å². The van der Waals surface area contributed by atoms with Crippen LogP contribution in [0.4, 0.5) is 0 Å². The molecule has 0 saturated heterocycles. The first-order valence-corrected chi connectivity index (χ1v) is 6.48. The lowest BCUT2D eigenvalue weighted by Gasteiger charge is -2.26. The molecule has 1 amide bonds. The van der Waals surface area contributed by atoms with Crippen LogP contribution in [0.15, 0.2) is 24.3 Å². The minimum atomic E-state index is -0.147. The Morgan fingerprint density at radius 1 is 1.37 bits per heavy atom. The number of carbonyl (C=O) groups excluding carboxylic acids is 1. The third-order valence-corrected chi connectivity index (χ3v) is 3.38. The molecule has 1 atom stereocenters. The third-order valence-electron chi connectivity index (χ3n) is 3.13. The average molecular weight is 305 g/mol. The molecule has 0 bridgehead atoms. The predicted molar refractivity (Wildman–Crippen MR) is 83.0 cm³/mol. The van der Waals surface area contributed by atoms with Crippen LogP contribution in [0.2, 0.25) is 5.02 Å². The number of halogens is 2. The van der Waals surface area contributed by atoms with Crippen LogP contribution in [0.1, 0.15) is 26.3 Å². The Hall–Kier alpha value is -0.770. The first kappa shape index (κ1) is 18.2. The van der Waals surface area contributed by atoms with Crippen molar-refractivity contribution in [1.82, 2.24) is 5.32 Å². The van der Waals surface area contributed by atoms with E-state index in [0.717, 1.165) is 10.6 Å². The van der Waals surface area contributed by atoms with E-state index in [1.807, 2.05) is 31.2 Å². The SMILES string of the molecule is CC(CN)C(=O)NCC(C)(C)c1ccc(Cl)cc1.Cl. The summed E-state index contributed by atoms with van der Waals surface area (Å²) in [7, 11) is 0. The highest BCUT2D eigenvalue weighted by atomic mass is 35.5. The molecule has 3 N–H and O–H groups in total. The number of hydrogen-bond donors (Lipinski definition) is 2. The van der Waals surface area contributed by atoms with Gasteiger partial charge in [-0.3, -0.25) is 4.79 Å². The van der Waals surface area contributed by atoms with Crippen molar-refractivity contribution in [2.45, 2.75) is 26.2 Å². The zero-order chi connectivity index (χ0) is 13.8. The highest BCUT2D eigenvalue weighted by Crippen LogP contribution is 2.23. The van der Waals surface area contributed by atoms with E-state index in [9.17, 15) is 4.79 Å². The van der Waals surface area contributed by atoms with E-state index in [1.165, 1.54) is 0 Å². The fourth-order valence-electron chi connectivity index (χ4n) is 1.59. The summed E-state index contributed by atoms with van der Waals surface area (Å²) in [6.07, 6.45) is 0. The third kappa shape index (κ3) is 5.39. The van der Waals surface area contributed by atoms with E-state index in [0.29, 0.717) is 13.1 Å². The molecule has 0 saturated carbocycles. The van der Waals surface area contributed by atoms with E-state index in [1.54, 1.807) is 0 Å². The fraction of sp³-hybridized carbons (Fsp3) is 0.500. The Kier molecular flexibility index (Phi) is 7.42. The Balaban J connectivity index is 0.00000324. The second-order valence-electron chi connectivity index (χ2n) is 5.25. The summed E-state index contributed by atoms with van der Waals surface area (Å²) in [5.41, 5.74) is 6.48. The quantitative estimate of drug-likeness (QED) is 0.879. The summed E-state index contributed by atoms with van der Waals surface area (Å²) in [6.45, 7) is 6.95. The van der Waals surface area contributed by atoms with Gasteiger partial charge in [0, 0.05) is 29.4 Å². The maximum Gasteiger partial charge on any atom is 0.224 e. The number of nitrogens with one attached hydrogen (secondary N) is 1. The Bertz CT molecular complexity index is 404. The number of rotatable bonds is 5. The predicted octanol–water partition coefficient (Wildman–Crippen LogP) is 2.75. The van der Waals surface area contributed by atoms with E-state index in [4.69, 9.17) is 17.3 Å². The minimum absolute atomic E-state index is 0. The van der Waals surface area contributed by atoms with Gasteiger partial charge < -0.3 is 11.1 Å². The Labute approximate surface area is 126 Å². The maximum atomic E-state index is 11.7. The van der Waals surface area contributed by atoms with Crippen LogP contribution in [0.25, 0.3) is 0 Å². The zero-order valence-electron chi connectivity index (χ0n) is 11.6. The van der Waals surface area contributed by atoms with Gasteiger partial charge in [0.1, 0.15) is 0 Å². The summed E-state index contributed by atoms with van der Waals surface area (Å²) in [4.78, 5) is 11.7. The van der Waals surface area contributed by atoms with Gasteiger partial charge in [-0.2, -0.15) is 0 Å². The smallest absolute Gasteiger partial charge is 0.224 e. The zero-order valence-corrected chi connectivity index (χ0v) is 13.1. The molecule has 1 aromatic rings. The van der Waals surface area contributed by atoms with E-state index < -0.39 is 0 Å². The topological polar surface area (TPSA) is 55.1 Å². The van der Waals surface area contributed by atoms with Crippen molar-refractivity contribution in [2.75, 3.05) is 13.1 Å². The lowest BCUT2D eigenvalue weighted by Crippen LogP contribution is -2.40. The molecule has 0 heterocycles. The van der Waals surface area contributed by atoms with E-state index >= 15 is 0 Å². The second kappa shape index (κ2) is 7.73. The highest BCUT2D eigenvalue weighted by Gasteiger charge is 2.22. The molecule has 19 heavy (non-hydrogen) atoms. The molecule has 0 aromatic heterocycles. The minimum Gasteiger partial charge on any atom is -0.355 e. The summed E-state index contributed by atoms with van der Waals surface area (Å²) in [6, 6.07) is 7.70. The van der Waals surface area contributed by atoms with Crippen LogP contribution in [0, 0.1) is 5.92 Å². The average Bonchev–Trinajstić information content (AvgIpc) is 2.35. The van der Waals surface area contributed by atoms with Gasteiger partial charge in [-0.25, -0.2) is 0 Å². The molecule has 5 heteroatoms. The van der Waals surface area contributed by atoms with Crippen molar-refractivity contribution in [2.24, 2.45) is 11.7 Å². The lowest BCUT2D eigenvalue weighted by molar-refractivity contribution is -0.124. The Morgan fingerprint density at radius 3 is 2.37 bits per heavy atom. The molecule has 0 aliphatic heterocycles. The van der Waals surface area contributed by atoms with Crippen LogP contribution < -0.4 is 11.1 Å². The van der Waals surface area contributed by atoms with Crippen molar-refractivity contribution >= 4 is 29.9 Å². The van der Waals surface area contributed by atoms with Crippen molar-refractivity contribution in [1.29, 1.82) is 0 Å². The van der Waals surface area contributed by atoms with Gasteiger partial charge in [-0.1, -0.05) is 44.5 Å². The molecule has 1 rings (SSSR count). The first-order valence-electron chi connectivity index (χ1n) is 6.10. The van der Waals surface area contributed by atoms with Gasteiger partial charge >= 0.3 is 0 Å². The molecule has 0 aliphatic rings. The van der Waals surface area contributed by atoms with Crippen LogP contribution in [-0.4, -0.2) is 19.0 Å². The van der Waals surface area contributed by atoms with Crippen molar-refractivity contribution in [3.8, 4) is 0 Å². The first-order chi connectivity index (χ1) is 8.36.